The molecule has 0 rings (SSSR count). The molecule has 0 bridgehead atoms. The van der Waals surface area contributed by atoms with E-state index in [0.717, 1.165) is 0 Å². The van der Waals surface area contributed by atoms with Crippen LogP contribution in [0.2, 0.25) is 0 Å². The van der Waals surface area contributed by atoms with Crippen LogP contribution in [0.4, 0.5) is 74.6 Å². The van der Waals surface area contributed by atoms with Gasteiger partial charge in [0.05, 0.1) is 0 Å². The van der Waals surface area contributed by atoms with Crippen LogP contribution in [-0.4, -0.2) is 48.4 Å². The van der Waals surface area contributed by atoms with Crippen LogP contribution < -0.4 is 0 Å². The maximum Gasteiger partial charge on any atom is 0.462 e. The van der Waals surface area contributed by atoms with Gasteiger partial charge in [0, 0.05) is 5.92 Å². The molecule has 0 spiro atoms. The van der Waals surface area contributed by atoms with Gasteiger partial charge < -0.3 is 0 Å². The molecule has 0 saturated carbocycles. The van der Waals surface area contributed by atoms with Gasteiger partial charge >= 0.3 is 48.4 Å². The highest BCUT2D eigenvalue weighted by Crippen LogP contribution is 2.56. The first-order valence-electron chi connectivity index (χ1n) is 6.72. The van der Waals surface area contributed by atoms with E-state index in [-0.39, 0.29) is 13.8 Å². The Morgan fingerprint density at radius 3 is 0.967 bits per heavy atom. The molecule has 0 N–H and O–H groups in total. The summed E-state index contributed by atoms with van der Waals surface area (Å²) in [7, 11) is 0. The van der Waals surface area contributed by atoms with Gasteiger partial charge in [-0.05, 0) is 0 Å². The minimum absolute atomic E-state index is 0.186. The molecule has 0 unspecified atom stereocenters. The number of halogens is 17. The largest absolute Gasteiger partial charge is 0.462 e. The van der Waals surface area contributed by atoms with Crippen molar-refractivity contribution in [2.45, 2.75) is 62.2 Å². The van der Waals surface area contributed by atoms with Gasteiger partial charge in [0.25, 0.3) is 0 Å². The summed E-state index contributed by atoms with van der Waals surface area (Å²) in [6, 6.07) is 0. The minimum atomic E-state index is -7.90. The topological polar surface area (TPSA) is 18.5 Å². The first-order valence-corrected chi connectivity index (χ1v) is 6.72. The Morgan fingerprint density at radius 2 is 0.700 bits per heavy atom. The lowest BCUT2D eigenvalue weighted by Crippen LogP contribution is -2.64. The quantitative estimate of drug-likeness (QED) is 0.340. The van der Waals surface area contributed by atoms with Crippen LogP contribution in [0.3, 0.4) is 0 Å². The van der Waals surface area contributed by atoms with E-state index in [9.17, 15) is 74.6 Å². The van der Waals surface area contributed by atoms with Gasteiger partial charge in [-0.15, -0.1) is 0 Å². The van der Waals surface area contributed by atoms with E-state index >= 15 is 0 Å². The van der Waals surface area contributed by atoms with Crippen molar-refractivity contribution in [3.05, 3.63) is 0 Å². The first-order chi connectivity index (χ1) is 12.6. The molecule has 0 aliphatic heterocycles. The van der Waals surface area contributed by atoms with E-state index < -0.39 is 54.3 Å². The molecule has 182 valence electrons. The Morgan fingerprint density at radius 1 is 0.433 bits per heavy atom. The Labute approximate surface area is 153 Å². The van der Waals surface area contributed by atoms with Gasteiger partial charge in [-0.3, -0.25) is 0 Å². The zero-order chi connectivity index (χ0) is 25.0. The highest BCUT2D eigenvalue weighted by atomic mass is 19.4. The van der Waals surface area contributed by atoms with Crippen molar-refractivity contribution < 1.29 is 84.1 Å². The average molecular weight is 494 g/mol. The van der Waals surface area contributed by atoms with Crippen LogP contribution in [-0.2, 0) is 9.47 Å². The standard InChI is InChI=1S/C11H7F17O2/c1-3(2)4(12,13)8(21,22)29-10(25,26)6(16,17)11(27,28)30-9(23,24)5(14,15)7(18,19)20/h3H,1-2H3. The molecule has 0 aliphatic carbocycles. The first kappa shape index (κ1) is 28.7. The molecule has 0 aliphatic rings. The van der Waals surface area contributed by atoms with E-state index in [1.807, 2.05) is 0 Å². The number of alkyl halides is 17. The van der Waals surface area contributed by atoms with Crippen LogP contribution in [0.5, 0.6) is 0 Å². The molecular formula is C11H7F17O2. The van der Waals surface area contributed by atoms with Gasteiger partial charge in [0.1, 0.15) is 0 Å². The predicted octanol–water partition coefficient (Wildman–Crippen LogP) is 6.52. The normalized spacial score (nSPS) is 16.4. The zero-order valence-electron chi connectivity index (χ0n) is 13.8. The molecule has 0 atom stereocenters. The lowest BCUT2D eigenvalue weighted by atomic mass is 10.1. The average Bonchev–Trinajstić information content (AvgIpc) is 2.42. The summed E-state index contributed by atoms with van der Waals surface area (Å²) in [5.41, 5.74) is 0. The number of ether oxygens (including phenoxy) is 2. The minimum Gasteiger partial charge on any atom is -0.245 e. The van der Waals surface area contributed by atoms with Crippen LogP contribution in [0.15, 0.2) is 0 Å². The van der Waals surface area contributed by atoms with Crippen LogP contribution in [0.1, 0.15) is 13.8 Å². The molecule has 0 heterocycles. The van der Waals surface area contributed by atoms with E-state index in [0.29, 0.717) is 0 Å². The second kappa shape index (κ2) is 7.40. The van der Waals surface area contributed by atoms with Gasteiger partial charge in [-0.25, -0.2) is 9.47 Å². The maximum atomic E-state index is 13.1. The predicted molar refractivity (Wildman–Crippen MR) is 57.7 cm³/mol. The Bertz CT molecular complexity index is 605. The van der Waals surface area contributed by atoms with Crippen molar-refractivity contribution in [1.82, 2.24) is 0 Å². The van der Waals surface area contributed by atoms with Crippen molar-refractivity contribution in [2.75, 3.05) is 0 Å². The molecule has 30 heavy (non-hydrogen) atoms. The lowest BCUT2D eigenvalue weighted by molar-refractivity contribution is -0.543. The van der Waals surface area contributed by atoms with Crippen molar-refractivity contribution in [3.63, 3.8) is 0 Å². The third-order valence-corrected chi connectivity index (χ3v) is 3.08. The smallest absolute Gasteiger partial charge is 0.245 e. The molecule has 0 amide bonds. The second-order valence-corrected chi connectivity index (χ2v) is 5.70. The monoisotopic (exact) mass is 494 g/mol. The van der Waals surface area contributed by atoms with Crippen molar-refractivity contribution in [2.24, 2.45) is 5.92 Å². The van der Waals surface area contributed by atoms with E-state index in [4.69, 9.17) is 0 Å². The zero-order valence-corrected chi connectivity index (χ0v) is 13.8. The fourth-order valence-electron chi connectivity index (χ4n) is 1.25. The summed E-state index contributed by atoms with van der Waals surface area (Å²) >= 11 is 0. The second-order valence-electron chi connectivity index (χ2n) is 5.70. The molecule has 19 heteroatoms. The Hall–Kier alpha value is -1.27. The fourth-order valence-corrected chi connectivity index (χ4v) is 1.25. The summed E-state index contributed by atoms with van der Waals surface area (Å²) in [4.78, 5) is 0. The third kappa shape index (κ3) is 4.64. The molecule has 0 aromatic carbocycles. The molecule has 0 saturated heterocycles. The Balaban J connectivity index is 6.09. The Kier molecular flexibility index (Phi) is 7.09. The van der Waals surface area contributed by atoms with Gasteiger partial charge in [0.15, 0.2) is 0 Å². The highest BCUT2D eigenvalue weighted by molar-refractivity contribution is 4.93. The van der Waals surface area contributed by atoms with Crippen LogP contribution in [0.25, 0.3) is 0 Å². The number of hydrogen-bond acceptors (Lipinski definition) is 2. The van der Waals surface area contributed by atoms with Crippen LogP contribution >= 0.6 is 0 Å². The van der Waals surface area contributed by atoms with Gasteiger partial charge in [-0.2, -0.15) is 74.6 Å². The summed E-state index contributed by atoms with van der Waals surface area (Å²) < 4.78 is 219. The summed E-state index contributed by atoms with van der Waals surface area (Å²) in [5, 5.41) is 0. The van der Waals surface area contributed by atoms with E-state index in [2.05, 4.69) is 0 Å². The molecule has 0 aromatic heterocycles. The maximum absolute atomic E-state index is 13.1. The van der Waals surface area contributed by atoms with E-state index in [1.165, 1.54) is 4.74 Å². The molecule has 0 aromatic rings. The summed E-state index contributed by atoms with van der Waals surface area (Å²) in [5.74, 6) is -24.0. The lowest BCUT2D eigenvalue weighted by Gasteiger charge is -2.38. The molecular weight excluding hydrogens is 487 g/mol. The summed E-state index contributed by atoms with van der Waals surface area (Å²) in [6.07, 6.45) is -37.2. The van der Waals surface area contributed by atoms with Crippen molar-refractivity contribution >= 4 is 0 Å². The van der Waals surface area contributed by atoms with Crippen molar-refractivity contribution in [1.29, 1.82) is 0 Å². The van der Waals surface area contributed by atoms with E-state index in [1.54, 1.807) is 4.74 Å². The molecule has 2 nitrogen and oxygen atoms in total. The summed E-state index contributed by atoms with van der Waals surface area (Å²) in [6.45, 7) is 0.371. The highest BCUT2D eigenvalue weighted by Gasteiger charge is 2.83. The molecule has 0 radical (unpaired) electrons. The van der Waals surface area contributed by atoms with Gasteiger partial charge in [-0.1, -0.05) is 13.8 Å². The van der Waals surface area contributed by atoms with Gasteiger partial charge in [0.2, 0.25) is 0 Å². The third-order valence-electron chi connectivity index (χ3n) is 3.08. The number of hydrogen-bond donors (Lipinski definition) is 0. The fraction of sp³-hybridized carbons (Fsp3) is 1.00. The molecule has 0 fully saturated rings. The van der Waals surface area contributed by atoms with Crippen molar-refractivity contribution in [3.8, 4) is 0 Å². The van der Waals surface area contributed by atoms with Crippen LogP contribution in [0, 0.1) is 5.92 Å². The SMILES string of the molecule is CC(C)C(F)(F)C(F)(F)OC(F)(F)C(F)(F)C(F)(F)OC(F)(F)C(F)(F)C(F)(F)F. The number of rotatable bonds is 9.